The topological polar surface area (TPSA) is 96.0 Å². The molecule has 0 aliphatic carbocycles. The summed E-state index contributed by atoms with van der Waals surface area (Å²) in [5.74, 6) is -0.539. The van der Waals surface area contributed by atoms with Crippen LogP contribution in [0.5, 0.6) is 5.75 Å². The van der Waals surface area contributed by atoms with Gasteiger partial charge in [0.1, 0.15) is 18.3 Å². The van der Waals surface area contributed by atoms with Crippen molar-refractivity contribution in [3.8, 4) is 5.75 Å². The van der Waals surface area contributed by atoms with Gasteiger partial charge in [-0.2, -0.15) is 0 Å². The summed E-state index contributed by atoms with van der Waals surface area (Å²) in [4.78, 5) is 29.0. The second kappa shape index (κ2) is 14.4. The van der Waals surface area contributed by atoms with Crippen molar-refractivity contribution >= 4 is 50.7 Å². The van der Waals surface area contributed by atoms with Crippen LogP contribution in [-0.2, 0) is 32.6 Å². The summed E-state index contributed by atoms with van der Waals surface area (Å²) in [6.07, 6.45) is 0.169. The fraction of sp³-hybridized carbons (Fsp3) is 0.188. The molecule has 1 unspecified atom stereocenters. The lowest BCUT2D eigenvalue weighted by Crippen LogP contribution is -2.53. The Morgan fingerprint density at radius 1 is 0.837 bits per heavy atom. The zero-order chi connectivity index (χ0) is 31.0. The molecular weight excluding hydrogens is 609 g/mol. The lowest BCUT2D eigenvalue weighted by molar-refractivity contribution is -0.139. The van der Waals surface area contributed by atoms with Gasteiger partial charge in [0.25, 0.3) is 10.0 Å². The molecule has 4 rings (SSSR count). The van der Waals surface area contributed by atoms with Gasteiger partial charge in [-0.05, 0) is 54.1 Å². The molecule has 0 heterocycles. The van der Waals surface area contributed by atoms with Crippen LogP contribution in [0.4, 0.5) is 5.69 Å². The van der Waals surface area contributed by atoms with Crippen LogP contribution in [-0.4, -0.2) is 51.9 Å². The van der Waals surface area contributed by atoms with Crippen molar-refractivity contribution in [1.29, 1.82) is 0 Å². The Morgan fingerprint density at radius 2 is 1.42 bits per heavy atom. The fourth-order valence-corrected chi connectivity index (χ4v) is 6.52. The zero-order valence-electron chi connectivity index (χ0n) is 23.6. The number of nitrogens with zero attached hydrogens (tertiary/aromatic N) is 2. The average Bonchev–Trinajstić information content (AvgIpc) is 3.03. The number of hydrogen-bond acceptors (Lipinski definition) is 5. The number of rotatable bonds is 12. The quantitative estimate of drug-likeness (QED) is 0.218. The molecule has 0 radical (unpaired) electrons. The molecule has 4 aromatic rings. The van der Waals surface area contributed by atoms with Crippen molar-refractivity contribution in [2.45, 2.75) is 23.9 Å². The third-order valence-electron chi connectivity index (χ3n) is 6.88. The molecule has 0 bridgehead atoms. The minimum atomic E-state index is -4.21. The number of likely N-dealkylation sites (N-methyl/N-ethyl adjacent to an activating group) is 1. The molecule has 0 saturated heterocycles. The number of sulfonamides is 1. The number of benzene rings is 4. The summed E-state index contributed by atoms with van der Waals surface area (Å²) in [6, 6.07) is 27.3. The van der Waals surface area contributed by atoms with Gasteiger partial charge in [0.15, 0.2) is 0 Å². The van der Waals surface area contributed by atoms with Crippen LogP contribution in [0.3, 0.4) is 0 Å². The summed E-state index contributed by atoms with van der Waals surface area (Å²) in [6.45, 7) is -0.738. The number of carbonyl (C=O) groups excluding carboxylic acids is 2. The highest BCUT2D eigenvalue weighted by molar-refractivity contribution is 7.92. The van der Waals surface area contributed by atoms with E-state index in [1.165, 1.54) is 31.2 Å². The summed E-state index contributed by atoms with van der Waals surface area (Å²) >= 11 is 13.0. The zero-order valence-corrected chi connectivity index (χ0v) is 25.9. The molecule has 224 valence electrons. The van der Waals surface area contributed by atoms with E-state index < -0.39 is 34.4 Å². The molecule has 1 N–H and O–H groups in total. The van der Waals surface area contributed by atoms with Crippen molar-refractivity contribution < 1.29 is 22.7 Å². The van der Waals surface area contributed by atoms with Crippen LogP contribution >= 0.6 is 23.2 Å². The van der Waals surface area contributed by atoms with Gasteiger partial charge in [0, 0.05) is 35.6 Å². The lowest BCUT2D eigenvalue weighted by atomic mass is 10.0. The van der Waals surface area contributed by atoms with Crippen LogP contribution in [0.2, 0.25) is 10.0 Å². The Labute approximate surface area is 261 Å². The highest BCUT2D eigenvalue weighted by Crippen LogP contribution is 2.29. The van der Waals surface area contributed by atoms with E-state index in [4.69, 9.17) is 27.9 Å². The van der Waals surface area contributed by atoms with E-state index >= 15 is 0 Å². The smallest absolute Gasteiger partial charge is 0.264 e. The van der Waals surface area contributed by atoms with Crippen LogP contribution in [0, 0.1) is 0 Å². The molecule has 0 saturated carbocycles. The SMILES string of the molecule is CNC(=O)C(Cc1ccccc1)N(Cc1c(Cl)cccc1Cl)C(=O)CN(c1ccc(OC)cc1)S(=O)(=O)c1ccccc1. The van der Waals surface area contributed by atoms with Crippen molar-refractivity contribution in [2.24, 2.45) is 0 Å². The molecule has 43 heavy (non-hydrogen) atoms. The van der Waals surface area contributed by atoms with Crippen molar-refractivity contribution in [3.05, 3.63) is 124 Å². The summed E-state index contributed by atoms with van der Waals surface area (Å²) in [5.41, 5.74) is 1.49. The van der Waals surface area contributed by atoms with Crippen LogP contribution < -0.4 is 14.4 Å². The van der Waals surface area contributed by atoms with Gasteiger partial charge in [-0.3, -0.25) is 13.9 Å². The Morgan fingerprint density at radius 3 is 1.98 bits per heavy atom. The fourth-order valence-electron chi connectivity index (χ4n) is 4.57. The van der Waals surface area contributed by atoms with Gasteiger partial charge < -0.3 is 15.0 Å². The number of hydrogen-bond donors (Lipinski definition) is 1. The summed E-state index contributed by atoms with van der Waals surface area (Å²) in [7, 11) is -1.23. The molecule has 0 aromatic heterocycles. The molecule has 4 aromatic carbocycles. The average molecular weight is 641 g/mol. The number of methoxy groups -OCH3 is 1. The van der Waals surface area contributed by atoms with E-state index in [-0.39, 0.29) is 23.5 Å². The number of ether oxygens (including phenoxy) is 1. The number of carbonyl (C=O) groups is 2. The second-order valence-corrected chi connectivity index (χ2v) is 12.2. The molecular formula is C32H31Cl2N3O5S. The largest absolute Gasteiger partial charge is 0.497 e. The Hall–Kier alpha value is -4.05. The maximum atomic E-state index is 14.3. The van der Waals surface area contributed by atoms with E-state index in [9.17, 15) is 18.0 Å². The van der Waals surface area contributed by atoms with E-state index in [1.54, 1.807) is 60.7 Å². The predicted molar refractivity (Wildman–Crippen MR) is 169 cm³/mol. The van der Waals surface area contributed by atoms with E-state index in [0.29, 0.717) is 21.4 Å². The highest BCUT2D eigenvalue weighted by atomic mass is 35.5. The van der Waals surface area contributed by atoms with Crippen molar-refractivity contribution in [1.82, 2.24) is 10.2 Å². The van der Waals surface area contributed by atoms with E-state index in [0.717, 1.165) is 9.87 Å². The number of anilines is 1. The second-order valence-electron chi connectivity index (χ2n) is 9.56. The van der Waals surface area contributed by atoms with Gasteiger partial charge in [0.05, 0.1) is 17.7 Å². The Kier molecular flexibility index (Phi) is 10.7. The standard InChI is InChI=1S/C32H31Cl2N3O5S/c1-35-32(39)30(20-23-10-5-3-6-11-23)36(21-27-28(33)14-9-15-29(27)34)31(38)22-37(24-16-18-25(42-2)19-17-24)43(40,41)26-12-7-4-8-13-26/h3-19,30H,20-22H2,1-2H3,(H,35,39). The van der Waals surface area contributed by atoms with Crippen molar-refractivity contribution in [3.63, 3.8) is 0 Å². The minimum Gasteiger partial charge on any atom is -0.497 e. The monoisotopic (exact) mass is 639 g/mol. The third-order valence-corrected chi connectivity index (χ3v) is 9.37. The first kappa shape index (κ1) is 31.9. The normalized spacial score (nSPS) is 11.8. The Balaban J connectivity index is 1.81. The van der Waals surface area contributed by atoms with Gasteiger partial charge in [-0.15, -0.1) is 0 Å². The molecule has 1 atom stereocenters. The maximum Gasteiger partial charge on any atom is 0.264 e. The minimum absolute atomic E-state index is 0.00598. The first-order valence-corrected chi connectivity index (χ1v) is 15.5. The molecule has 0 fully saturated rings. The number of nitrogens with one attached hydrogen (secondary N) is 1. The molecule has 0 spiro atoms. The van der Waals surface area contributed by atoms with Gasteiger partial charge >= 0.3 is 0 Å². The highest BCUT2D eigenvalue weighted by Gasteiger charge is 2.35. The first-order chi connectivity index (χ1) is 20.6. The maximum absolute atomic E-state index is 14.3. The van der Waals surface area contributed by atoms with Gasteiger partial charge in [-0.25, -0.2) is 8.42 Å². The molecule has 8 nitrogen and oxygen atoms in total. The van der Waals surface area contributed by atoms with Gasteiger partial charge in [-0.1, -0.05) is 77.8 Å². The molecule has 0 aliphatic heterocycles. The summed E-state index contributed by atoms with van der Waals surface area (Å²) in [5, 5.41) is 3.26. The van der Waals surface area contributed by atoms with Crippen LogP contribution in [0.1, 0.15) is 11.1 Å². The molecule has 0 aliphatic rings. The molecule has 2 amide bonds. The number of amides is 2. The first-order valence-electron chi connectivity index (χ1n) is 13.4. The van der Waals surface area contributed by atoms with Gasteiger partial charge in [0.2, 0.25) is 11.8 Å². The van der Waals surface area contributed by atoms with E-state index in [2.05, 4.69) is 5.32 Å². The van der Waals surface area contributed by atoms with Crippen LogP contribution in [0.25, 0.3) is 0 Å². The lowest BCUT2D eigenvalue weighted by Gasteiger charge is -2.34. The van der Waals surface area contributed by atoms with Crippen molar-refractivity contribution in [2.75, 3.05) is 25.0 Å². The third kappa shape index (κ3) is 7.67. The van der Waals surface area contributed by atoms with E-state index in [1.807, 2.05) is 30.3 Å². The van der Waals surface area contributed by atoms with Crippen LogP contribution in [0.15, 0.2) is 108 Å². The number of halogens is 2. The predicted octanol–water partition coefficient (Wildman–Crippen LogP) is 5.58. The Bertz CT molecular complexity index is 1630. The molecule has 11 heteroatoms. The summed E-state index contributed by atoms with van der Waals surface area (Å²) < 4.78 is 34.2.